The second kappa shape index (κ2) is 11.0. The van der Waals surface area contributed by atoms with E-state index in [0.29, 0.717) is 25.6 Å². The zero-order chi connectivity index (χ0) is 25.0. The Hall–Kier alpha value is -2.57. The number of carbonyl (C=O) groups excluding carboxylic acids is 1. The Morgan fingerprint density at radius 3 is 2.49 bits per heavy atom. The number of allylic oxidation sites excluding steroid dienone is 2. The number of likely N-dealkylation sites (tertiary alicyclic amines) is 1. The lowest BCUT2D eigenvalue weighted by atomic mass is 9.86. The minimum absolute atomic E-state index is 0.0257. The van der Waals surface area contributed by atoms with Crippen LogP contribution in [0.25, 0.3) is 5.57 Å². The van der Waals surface area contributed by atoms with E-state index in [9.17, 15) is 14.3 Å². The van der Waals surface area contributed by atoms with E-state index in [4.69, 9.17) is 9.47 Å². The zero-order valence-corrected chi connectivity index (χ0v) is 21.4. The first kappa shape index (κ1) is 25.5. The standard InChI is InChI=1S/C28H39FN2O4/c1-28(2,3)35-27(33)31-16-12-20(13-17-31)19-34-25-11-10-23(18-24(25)29)21-6-8-22(9-7-21)26(32)30-14-4-5-15-30/h6,10-11,18,20,22H,4-5,7-9,12-17,19H2,1-3H3/p+1. The van der Waals surface area contributed by atoms with Crippen molar-refractivity contribution < 1.29 is 28.3 Å². The van der Waals surface area contributed by atoms with E-state index in [1.807, 2.05) is 36.3 Å². The molecule has 1 atom stereocenters. The monoisotopic (exact) mass is 487 g/mol. The van der Waals surface area contributed by atoms with Crippen molar-refractivity contribution in [2.24, 2.45) is 11.8 Å². The lowest BCUT2D eigenvalue weighted by Crippen LogP contribution is -2.37. The number of aliphatic hydroxyl groups excluding tert-OH is 1. The van der Waals surface area contributed by atoms with Gasteiger partial charge in [-0.2, -0.15) is 4.58 Å². The van der Waals surface area contributed by atoms with Gasteiger partial charge in [0.25, 0.3) is 0 Å². The van der Waals surface area contributed by atoms with Crippen LogP contribution in [0.5, 0.6) is 5.75 Å². The molecule has 1 unspecified atom stereocenters. The molecule has 0 spiro atoms. The summed E-state index contributed by atoms with van der Waals surface area (Å²) in [6.07, 6.45) is 8.37. The van der Waals surface area contributed by atoms with Crippen LogP contribution in [-0.2, 0) is 9.53 Å². The number of benzene rings is 1. The Morgan fingerprint density at radius 1 is 1.17 bits per heavy atom. The molecule has 4 rings (SSSR count). The number of aliphatic hydroxyl groups is 1. The number of piperidine rings is 1. The molecular weight excluding hydrogens is 447 g/mol. The van der Waals surface area contributed by atoms with Gasteiger partial charge in [-0.15, -0.1) is 0 Å². The Morgan fingerprint density at radius 2 is 1.89 bits per heavy atom. The van der Waals surface area contributed by atoms with Gasteiger partial charge in [0.15, 0.2) is 11.6 Å². The summed E-state index contributed by atoms with van der Waals surface area (Å²) >= 11 is 0. The summed E-state index contributed by atoms with van der Waals surface area (Å²) in [6, 6.07) is 5.20. The number of nitrogens with zero attached hydrogens (tertiary/aromatic N) is 2. The highest BCUT2D eigenvalue weighted by Gasteiger charge is 2.30. The van der Waals surface area contributed by atoms with Gasteiger partial charge < -0.3 is 19.5 Å². The summed E-state index contributed by atoms with van der Waals surface area (Å²) in [4.78, 5) is 14.6. The molecule has 0 radical (unpaired) electrons. The Labute approximate surface area is 208 Å². The van der Waals surface area contributed by atoms with Crippen LogP contribution in [0.4, 0.5) is 4.39 Å². The number of carbonyl (C=O) groups is 1. The number of rotatable bonds is 5. The van der Waals surface area contributed by atoms with E-state index in [-0.39, 0.29) is 29.5 Å². The molecule has 192 valence electrons. The number of halogens is 1. The minimum Gasteiger partial charge on any atom is -0.490 e. The molecular formula is C28H40FN2O4+. The van der Waals surface area contributed by atoms with Crippen LogP contribution in [-0.4, -0.2) is 65.0 Å². The van der Waals surface area contributed by atoms with Crippen molar-refractivity contribution in [1.82, 2.24) is 4.90 Å². The first-order valence-corrected chi connectivity index (χ1v) is 13.1. The van der Waals surface area contributed by atoms with E-state index in [0.717, 1.165) is 69.2 Å². The summed E-state index contributed by atoms with van der Waals surface area (Å²) in [6.45, 7) is 9.33. The Kier molecular flexibility index (Phi) is 8.02. The van der Waals surface area contributed by atoms with E-state index in [2.05, 4.69) is 6.08 Å². The lowest BCUT2D eigenvalue weighted by molar-refractivity contribution is -0.558. The topological polar surface area (TPSA) is 62.0 Å². The van der Waals surface area contributed by atoms with Crippen molar-refractivity contribution in [3.05, 3.63) is 35.7 Å². The highest BCUT2D eigenvalue weighted by atomic mass is 19.1. The van der Waals surface area contributed by atoms with Crippen molar-refractivity contribution in [1.29, 1.82) is 0 Å². The fraction of sp³-hybridized carbons (Fsp3) is 0.643. The maximum atomic E-state index is 14.8. The molecule has 35 heavy (non-hydrogen) atoms. The molecule has 1 amide bonds. The van der Waals surface area contributed by atoms with Gasteiger partial charge in [-0.3, -0.25) is 4.79 Å². The van der Waals surface area contributed by atoms with Crippen LogP contribution >= 0.6 is 0 Å². The third-order valence-electron chi connectivity index (χ3n) is 7.24. The molecule has 1 aromatic rings. The number of hydrogen-bond acceptors (Lipinski definition) is 3. The quantitative estimate of drug-likeness (QED) is 0.460. The third-order valence-corrected chi connectivity index (χ3v) is 7.24. The SMILES string of the molecule is CC(C)(C)OC(O)=[N+]1CCC(COc2ccc(C3=CCC(C(=O)N4CCCC4)CC3)cc2F)CC1. The largest absolute Gasteiger partial charge is 0.547 e. The van der Waals surface area contributed by atoms with Crippen LogP contribution in [0.1, 0.15) is 71.3 Å². The summed E-state index contributed by atoms with van der Waals surface area (Å²) in [5.41, 5.74) is 1.55. The zero-order valence-electron chi connectivity index (χ0n) is 21.4. The van der Waals surface area contributed by atoms with Crippen LogP contribution in [0.15, 0.2) is 24.3 Å². The fourth-order valence-electron chi connectivity index (χ4n) is 5.17. The third kappa shape index (κ3) is 6.77. The maximum absolute atomic E-state index is 14.8. The molecule has 7 heteroatoms. The van der Waals surface area contributed by atoms with Gasteiger partial charge in [-0.25, -0.2) is 4.39 Å². The molecule has 6 nitrogen and oxygen atoms in total. The van der Waals surface area contributed by atoms with Crippen LogP contribution in [0, 0.1) is 17.7 Å². The van der Waals surface area contributed by atoms with Crippen molar-refractivity contribution in [3.63, 3.8) is 0 Å². The summed E-state index contributed by atoms with van der Waals surface area (Å²) < 4.78 is 28.1. The van der Waals surface area contributed by atoms with Gasteiger partial charge in [0.05, 0.1) is 6.61 Å². The molecule has 2 fully saturated rings. The summed E-state index contributed by atoms with van der Waals surface area (Å²) in [5.74, 6) is 0.586. The van der Waals surface area contributed by atoms with Gasteiger partial charge in [-0.1, -0.05) is 12.1 Å². The fourth-order valence-corrected chi connectivity index (χ4v) is 5.17. The summed E-state index contributed by atoms with van der Waals surface area (Å²) in [7, 11) is 0. The molecule has 0 bridgehead atoms. The van der Waals surface area contributed by atoms with Gasteiger partial charge >= 0.3 is 6.08 Å². The van der Waals surface area contributed by atoms with Crippen molar-refractivity contribution in [2.75, 3.05) is 32.8 Å². The predicted octanol–water partition coefficient (Wildman–Crippen LogP) is 5.16. The van der Waals surface area contributed by atoms with Crippen LogP contribution in [0.2, 0.25) is 0 Å². The second-order valence-electron chi connectivity index (χ2n) is 11.1. The highest BCUT2D eigenvalue weighted by Crippen LogP contribution is 2.33. The van der Waals surface area contributed by atoms with Gasteiger partial charge in [-0.05, 0) is 76.1 Å². The molecule has 0 saturated carbocycles. The normalized spacial score (nSPS) is 23.1. The second-order valence-corrected chi connectivity index (χ2v) is 11.1. The van der Waals surface area contributed by atoms with Crippen molar-refractivity contribution in [2.45, 2.75) is 71.3 Å². The molecule has 2 aliphatic heterocycles. The first-order chi connectivity index (χ1) is 16.7. The maximum Gasteiger partial charge on any atom is 0.547 e. The van der Waals surface area contributed by atoms with E-state index < -0.39 is 5.60 Å². The van der Waals surface area contributed by atoms with Gasteiger partial charge in [0, 0.05) is 37.8 Å². The average Bonchev–Trinajstić information content (AvgIpc) is 3.37. The van der Waals surface area contributed by atoms with Crippen molar-refractivity contribution >= 4 is 17.6 Å². The molecule has 1 aliphatic carbocycles. The molecule has 1 N–H and O–H groups in total. The Bertz CT molecular complexity index is 966. The molecule has 2 saturated heterocycles. The number of hydrogen-bond donors (Lipinski definition) is 1. The van der Waals surface area contributed by atoms with Crippen LogP contribution < -0.4 is 4.74 Å². The average molecular weight is 488 g/mol. The molecule has 1 aromatic carbocycles. The van der Waals surface area contributed by atoms with E-state index >= 15 is 0 Å². The highest BCUT2D eigenvalue weighted by molar-refractivity contribution is 5.81. The smallest absolute Gasteiger partial charge is 0.490 e. The minimum atomic E-state index is -0.436. The summed E-state index contributed by atoms with van der Waals surface area (Å²) in [5, 5.41) is 10.2. The first-order valence-electron chi connectivity index (χ1n) is 13.1. The number of ether oxygens (including phenoxy) is 2. The predicted molar refractivity (Wildman–Crippen MR) is 134 cm³/mol. The Balaban J connectivity index is 1.27. The molecule has 0 aromatic heterocycles. The van der Waals surface area contributed by atoms with Gasteiger partial charge in [0.2, 0.25) is 5.91 Å². The lowest BCUT2D eigenvalue weighted by Gasteiger charge is -2.26. The molecule has 2 heterocycles. The molecule has 3 aliphatic rings. The van der Waals surface area contributed by atoms with Crippen LogP contribution in [0.3, 0.4) is 0 Å². The van der Waals surface area contributed by atoms with E-state index in [1.165, 1.54) is 0 Å². The number of amides is 1. The van der Waals surface area contributed by atoms with Crippen molar-refractivity contribution in [3.8, 4) is 5.75 Å². The van der Waals surface area contributed by atoms with E-state index in [1.54, 1.807) is 12.1 Å². The van der Waals surface area contributed by atoms with Gasteiger partial charge in [0.1, 0.15) is 18.7 Å².